The van der Waals surface area contributed by atoms with Crippen molar-refractivity contribution < 1.29 is 19.1 Å². The summed E-state index contributed by atoms with van der Waals surface area (Å²) >= 11 is 2.94. The molecule has 90 valence electrons. The number of fused-ring (bicyclic) bond motifs is 1. The minimum Gasteiger partial charge on any atom is -0.475 e. The Morgan fingerprint density at radius 3 is 2.56 bits per heavy atom. The van der Waals surface area contributed by atoms with Crippen molar-refractivity contribution in [3.8, 4) is 0 Å². The van der Waals surface area contributed by atoms with Gasteiger partial charge in [0.2, 0.25) is 11.5 Å². The van der Waals surface area contributed by atoms with Gasteiger partial charge < -0.3 is 9.52 Å². The predicted molar refractivity (Wildman–Crippen MR) is 68.8 cm³/mol. The van der Waals surface area contributed by atoms with Crippen LogP contribution in [0.2, 0.25) is 0 Å². The van der Waals surface area contributed by atoms with E-state index in [2.05, 4.69) is 0 Å². The van der Waals surface area contributed by atoms with Crippen molar-refractivity contribution in [2.45, 2.75) is 0 Å². The molecule has 3 rings (SSSR count). The number of carbonyl (C=O) groups is 2. The molecule has 0 radical (unpaired) electrons. The van der Waals surface area contributed by atoms with Crippen LogP contribution < -0.4 is 0 Å². The van der Waals surface area contributed by atoms with Crippen molar-refractivity contribution >= 4 is 43.8 Å². The van der Waals surface area contributed by atoms with Crippen molar-refractivity contribution in [3.05, 3.63) is 46.0 Å². The van der Waals surface area contributed by atoms with Crippen LogP contribution in [0.1, 0.15) is 26.0 Å². The fraction of sp³-hybridized carbons (Fsp3) is 0. The molecule has 0 spiro atoms. The molecule has 0 aliphatic rings. The summed E-state index contributed by atoms with van der Waals surface area (Å²) in [5.41, 5.74) is 0. The number of rotatable bonds is 3. The Balaban J connectivity index is 1.98. The molecule has 3 aromatic heterocycles. The number of hydrogen-bond acceptors (Lipinski definition) is 5. The van der Waals surface area contributed by atoms with Crippen LogP contribution in [0, 0.1) is 0 Å². The first-order valence-electron chi connectivity index (χ1n) is 5.00. The van der Waals surface area contributed by atoms with Crippen LogP contribution in [0.3, 0.4) is 0 Å². The quantitative estimate of drug-likeness (QED) is 0.745. The lowest BCUT2D eigenvalue weighted by atomic mass is 10.2. The van der Waals surface area contributed by atoms with E-state index >= 15 is 0 Å². The highest BCUT2D eigenvalue weighted by molar-refractivity contribution is 7.28. The SMILES string of the molecule is O=C(O)c1ccc(C(=O)c2cc3sccc3s2)o1. The summed E-state index contributed by atoms with van der Waals surface area (Å²) in [6, 6.07) is 6.42. The fourth-order valence-corrected chi connectivity index (χ4v) is 3.63. The second-order valence-electron chi connectivity index (χ2n) is 3.56. The third kappa shape index (κ3) is 1.75. The first-order valence-corrected chi connectivity index (χ1v) is 6.69. The molecule has 4 nitrogen and oxygen atoms in total. The largest absolute Gasteiger partial charge is 0.475 e. The van der Waals surface area contributed by atoms with Crippen molar-refractivity contribution in [3.63, 3.8) is 0 Å². The van der Waals surface area contributed by atoms with Crippen molar-refractivity contribution in [1.82, 2.24) is 0 Å². The van der Waals surface area contributed by atoms with Crippen LogP contribution in [0.4, 0.5) is 0 Å². The summed E-state index contributed by atoms with van der Waals surface area (Å²) in [6.45, 7) is 0. The van der Waals surface area contributed by atoms with Gasteiger partial charge >= 0.3 is 5.97 Å². The predicted octanol–water partition coefficient (Wildman–Crippen LogP) is 3.49. The molecule has 0 saturated heterocycles. The van der Waals surface area contributed by atoms with Crippen molar-refractivity contribution in [2.75, 3.05) is 0 Å². The molecule has 0 bridgehead atoms. The van der Waals surface area contributed by atoms with Gasteiger partial charge in [0.05, 0.1) is 4.88 Å². The number of carbonyl (C=O) groups excluding carboxylic acids is 1. The Morgan fingerprint density at radius 2 is 1.89 bits per heavy atom. The highest BCUT2D eigenvalue weighted by atomic mass is 32.1. The molecule has 3 heterocycles. The molecular formula is C12H6O4S2. The minimum atomic E-state index is -1.18. The molecule has 0 atom stereocenters. The molecule has 0 unspecified atom stereocenters. The van der Waals surface area contributed by atoms with Crippen molar-refractivity contribution in [2.24, 2.45) is 0 Å². The van der Waals surface area contributed by atoms with Gasteiger partial charge in [-0.1, -0.05) is 0 Å². The Labute approximate surface area is 109 Å². The lowest BCUT2D eigenvalue weighted by Gasteiger charge is -1.91. The van der Waals surface area contributed by atoms with E-state index in [1.54, 1.807) is 17.4 Å². The molecule has 6 heteroatoms. The normalized spacial score (nSPS) is 10.9. The van der Waals surface area contributed by atoms with Gasteiger partial charge in [-0.05, 0) is 29.6 Å². The van der Waals surface area contributed by atoms with Gasteiger partial charge in [-0.15, -0.1) is 22.7 Å². The second-order valence-corrected chi connectivity index (χ2v) is 5.59. The average molecular weight is 278 g/mol. The molecule has 18 heavy (non-hydrogen) atoms. The van der Waals surface area contributed by atoms with Gasteiger partial charge in [0.25, 0.3) is 0 Å². The number of thiophene rings is 2. The first kappa shape index (κ1) is 11.2. The summed E-state index contributed by atoms with van der Waals surface area (Å²) in [5, 5.41) is 10.7. The number of ketones is 1. The maximum absolute atomic E-state index is 12.1. The third-order valence-corrected chi connectivity index (χ3v) is 4.50. The maximum atomic E-state index is 12.1. The van der Waals surface area contributed by atoms with E-state index in [1.165, 1.54) is 23.5 Å². The Kier molecular flexibility index (Phi) is 2.53. The standard InChI is InChI=1S/C12H6O4S2/c13-11(6-1-2-7(16-6)12(14)15)10-5-9-8(18-10)3-4-17-9/h1-5H,(H,14,15). The van der Waals surface area contributed by atoms with E-state index in [0.29, 0.717) is 4.88 Å². The molecule has 3 aromatic rings. The van der Waals surface area contributed by atoms with Gasteiger partial charge in [-0.3, -0.25) is 4.79 Å². The van der Waals surface area contributed by atoms with Crippen LogP contribution in [0.5, 0.6) is 0 Å². The van der Waals surface area contributed by atoms with E-state index in [-0.39, 0.29) is 17.3 Å². The summed E-state index contributed by atoms with van der Waals surface area (Å²) in [7, 11) is 0. The Hall–Kier alpha value is -1.92. The summed E-state index contributed by atoms with van der Waals surface area (Å²) in [6.07, 6.45) is 0. The first-order chi connectivity index (χ1) is 8.65. The maximum Gasteiger partial charge on any atom is 0.371 e. The van der Waals surface area contributed by atoms with Gasteiger partial charge in [0.1, 0.15) is 0 Å². The molecule has 1 N–H and O–H groups in total. The Morgan fingerprint density at radius 1 is 1.11 bits per heavy atom. The van der Waals surface area contributed by atoms with Gasteiger partial charge in [0.15, 0.2) is 5.76 Å². The average Bonchev–Trinajstić information content (AvgIpc) is 3.02. The topological polar surface area (TPSA) is 67.5 Å². The summed E-state index contributed by atoms with van der Waals surface area (Å²) in [4.78, 5) is 23.3. The van der Waals surface area contributed by atoms with Crippen LogP contribution in [-0.2, 0) is 0 Å². The van der Waals surface area contributed by atoms with E-state index in [0.717, 1.165) is 9.40 Å². The van der Waals surface area contributed by atoms with Crippen molar-refractivity contribution in [1.29, 1.82) is 0 Å². The molecule has 0 aliphatic heterocycles. The molecule has 0 fully saturated rings. The molecule has 0 aromatic carbocycles. The highest BCUT2D eigenvalue weighted by Crippen LogP contribution is 2.31. The smallest absolute Gasteiger partial charge is 0.371 e. The summed E-state index contributed by atoms with van der Waals surface area (Å²) < 4.78 is 7.09. The lowest BCUT2D eigenvalue weighted by molar-refractivity contribution is 0.0660. The molecule has 0 saturated carbocycles. The van der Waals surface area contributed by atoms with Gasteiger partial charge in [-0.25, -0.2) is 4.79 Å². The molecular weight excluding hydrogens is 272 g/mol. The molecule has 0 amide bonds. The van der Waals surface area contributed by atoms with E-state index in [9.17, 15) is 9.59 Å². The van der Waals surface area contributed by atoms with Gasteiger partial charge in [-0.2, -0.15) is 0 Å². The zero-order valence-corrected chi connectivity index (χ0v) is 10.5. The summed E-state index contributed by atoms with van der Waals surface area (Å²) in [5.74, 6) is -1.63. The van der Waals surface area contributed by atoms with Crippen LogP contribution >= 0.6 is 22.7 Å². The van der Waals surface area contributed by atoms with E-state index in [4.69, 9.17) is 9.52 Å². The molecule has 0 aliphatic carbocycles. The zero-order chi connectivity index (χ0) is 12.7. The van der Waals surface area contributed by atoms with Crippen LogP contribution in [0.15, 0.2) is 34.1 Å². The Bertz CT molecular complexity index is 718. The van der Waals surface area contributed by atoms with Crippen LogP contribution in [-0.4, -0.2) is 16.9 Å². The van der Waals surface area contributed by atoms with Crippen LogP contribution in [0.25, 0.3) is 9.40 Å². The highest BCUT2D eigenvalue weighted by Gasteiger charge is 2.18. The monoisotopic (exact) mass is 278 g/mol. The number of carboxylic acid groups (broad SMARTS) is 1. The fourth-order valence-electron chi connectivity index (χ4n) is 1.57. The number of aromatic carboxylic acids is 1. The number of hydrogen-bond donors (Lipinski definition) is 1. The van der Waals surface area contributed by atoms with E-state index < -0.39 is 5.97 Å². The number of carboxylic acids is 1. The van der Waals surface area contributed by atoms with Gasteiger partial charge in [0, 0.05) is 9.40 Å². The second kappa shape index (κ2) is 4.08. The minimum absolute atomic E-state index is 0.0568. The van der Waals surface area contributed by atoms with E-state index in [1.807, 2.05) is 11.4 Å². The third-order valence-electron chi connectivity index (χ3n) is 2.40. The lowest BCUT2D eigenvalue weighted by Crippen LogP contribution is -1.97. The number of furan rings is 1. The zero-order valence-electron chi connectivity index (χ0n) is 8.88.